The molecule has 0 amide bonds. The average molecular weight is 599 g/mol. The van der Waals surface area contributed by atoms with Crippen molar-refractivity contribution in [3.63, 3.8) is 0 Å². The third kappa shape index (κ3) is 4.26. The first-order valence-corrected chi connectivity index (χ1v) is 17.4. The molecule has 4 aromatic carbocycles. The highest BCUT2D eigenvalue weighted by atomic mass is 14.5. The molecule has 8 rings (SSSR count). The van der Waals surface area contributed by atoms with E-state index < -0.39 is 0 Å². The van der Waals surface area contributed by atoms with Gasteiger partial charge in [0, 0.05) is 34.5 Å². The van der Waals surface area contributed by atoms with Gasteiger partial charge in [0.1, 0.15) is 0 Å². The zero-order chi connectivity index (χ0) is 31.8. The van der Waals surface area contributed by atoms with Gasteiger partial charge in [0.2, 0.25) is 0 Å². The van der Waals surface area contributed by atoms with Crippen LogP contribution in [0.1, 0.15) is 123 Å². The van der Waals surface area contributed by atoms with E-state index in [1.54, 1.807) is 22.3 Å². The van der Waals surface area contributed by atoms with Gasteiger partial charge < -0.3 is 0 Å². The number of hydrogen-bond donors (Lipinski definition) is 0. The normalized spacial score (nSPS) is 24.9. The first-order valence-electron chi connectivity index (χ1n) is 17.4. The van der Waals surface area contributed by atoms with E-state index in [1.165, 1.54) is 44.5 Å². The van der Waals surface area contributed by atoms with Crippen molar-refractivity contribution in [2.75, 3.05) is 0 Å². The molecule has 0 spiro atoms. The van der Waals surface area contributed by atoms with Crippen molar-refractivity contribution < 1.29 is 0 Å². The standard InChI is InChI=1S/C46H46/c1-29-37-19-11-7-15-33(37)25-41(29)45(5,42-26-34-16-8-12-20-38(34)30(42)2)23-24-46(6,43-27-35-17-9-13-21-39(35)31(43)3)44-28-36-18-10-14-22-40(36)32(44)4/h7-22,25-32H,23-24H2,1-6H3. The minimum atomic E-state index is -0.0807. The largest absolute Gasteiger partial charge is 0.0619 e. The second kappa shape index (κ2) is 10.7. The number of fused-ring (bicyclic) bond motifs is 4. The Balaban J connectivity index is 1.25. The third-order valence-corrected chi connectivity index (χ3v) is 12.6. The zero-order valence-corrected chi connectivity index (χ0v) is 28.3. The Morgan fingerprint density at radius 1 is 0.370 bits per heavy atom. The van der Waals surface area contributed by atoms with Gasteiger partial charge >= 0.3 is 0 Å². The zero-order valence-electron chi connectivity index (χ0n) is 28.3. The van der Waals surface area contributed by atoms with Crippen LogP contribution in [0.4, 0.5) is 0 Å². The van der Waals surface area contributed by atoms with Crippen LogP contribution < -0.4 is 0 Å². The Kier molecular flexibility index (Phi) is 6.80. The lowest BCUT2D eigenvalue weighted by atomic mass is 9.60. The molecule has 0 aliphatic heterocycles. The van der Waals surface area contributed by atoms with Gasteiger partial charge in [0.15, 0.2) is 0 Å². The van der Waals surface area contributed by atoms with E-state index >= 15 is 0 Å². The lowest BCUT2D eigenvalue weighted by Crippen LogP contribution is -2.31. The van der Waals surface area contributed by atoms with E-state index in [9.17, 15) is 0 Å². The summed E-state index contributed by atoms with van der Waals surface area (Å²) in [4.78, 5) is 0. The monoisotopic (exact) mass is 598 g/mol. The number of allylic oxidation sites excluding steroid dienone is 4. The molecule has 0 bridgehead atoms. The van der Waals surface area contributed by atoms with E-state index in [2.05, 4.69) is 163 Å². The van der Waals surface area contributed by atoms with Crippen molar-refractivity contribution in [1.82, 2.24) is 0 Å². The van der Waals surface area contributed by atoms with Gasteiger partial charge in [0.25, 0.3) is 0 Å². The molecule has 0 heteroatoms. The van der Waals surface area contributed by atoms with Crippen LogP contribution in [0.2, 0.25) is 0 Å². The third-order valence-electron chi connectivity index (χ3n) is 12.6. The molecule has 4 aliphatic carbocycles. The Bertz CT molecular complexity index is 1710. The average Bonchev–Trinajstić information content (AvgIpc) is 3.82. The molecule has 0 saturated carbocycles. The van der Waals surface area contributed by atoms with Crippen LogP contribution in [0, 0.1) is 10.8 Å². The summed E-state index contributed by atoms with van der Waals surface area (Å²) in [6.45, 7) is 14.9. The predicted molar refractivity (Wildman–Crippen MR) is 197 cm³/mol. The van der Waals surface area contributed by atoms with E-state index in [-0.39, 0.29) is 10.8 Å². The maximum Gasteiger partial charge on any atom is 0.0111 e. The highest BCUT2D eigenvalue weighted by molar-refractivity contribution is 5.76. The van der Waals surface area contributed by atoms with Gasteiger partial charge in [-0.1, -0.05) is 185 Å². The van der Waals surface area contributed by atoms with Crippen LogP contribution in [-0.4, -0.2) is 0 Å². The summed E-state index contributed by atoms with van der Waals surface area (Å²) >= 11 is 0. The maximum atomic E-state index is 2.58. The lowest BCUT2D eigenvalue weighted by molar-refractivity contribution is 0.310. The molecule has 4 atom stereocenters. The second-order valence-electron chi connectivity index (χ2n) is 15.0. The van der Waals surface area contributed by atoms with Crippen LogP contribution in [0.5, 0.6) is 0 Å². The van der Waals surface area contributed by atoms with Crippen LogP contribution in [-0.2, 0) is 0 Å². The maximum absolute atomic E-state index is 2.58. The molecule has 46 heavy (non-hydrogen) atoms. The van der Waals surface area contributed by atoms with Gasteiger partial charge in [-0.25, -0.2) is 0 Å². The van der Waals surface area contributed by atoms with Crippen molar-refractivity contribution in [2.24, 2.45) is 10.8 Å². The van der Waals surface area contributed by atoms with Crippen molar-refractivity contribution in [1.29, 1.82) is 0 Å². The van der Waals surface area contributed by atoms with Crippen LogP contribution in [0.3, 0.4) is 0 Å². The molecule has 0 nitrogen and oxygen atoms in total. The van der Waals surface area contributed by atoms with Crippen molar-refractivity contribution in [2.45, 2.75) is 78.1 Å². The van der Waals surface area contributed by atoms with Gasteiger partial charge in [0.05, 0.1) is 0 Å². The molecule has 0 saturated heterocycles. The fraction of sp³-hybridized carbons (Fsp3) is 0.304. The first kappa shape index (κ1) is 29.3. The first-order chi connectivity index (χ1) is 22.2. The summed E-state index contributed by atoms with van der Waals surface area (Å²) in [6.07, 6.45) is 12.4. The van der Waals surface area contributed by atoms with Gasteiger partial charge in [-0.15, -0.1) is 0 Å². The summed E-state index contributed by atoms with van der Waals surface area (Å²) in [6, 6.07) is 36.3. The van der Waals surface area contributed by atoms with Gasteiger partial charge in [-0.3, -0.25) is 0 Å². The minimum Gasteiger partial charge on any atom is -0.0619 e. The summed E-state index contributed by atoms with van der Waals surface area (Å²) in [7, 11) is 0. The molecule has 0 aromatic heterocycles. The highest BCUT2D eigenvalue weighted by Crippen LogP contribution is 2.61. The Hall–Kier alpha value is -4.16. The summed E-state index contributed by atoms with van der Waals surface area (Å²) in [5.74, 6) is 1.58. The molecule has 4 aliphatic rings. The van der Waals surface area contributed by atoms with Crippen LogP contribution in [0.25, 0.3) is 24.3 Å². The second-order valence-corrected chi connectivity index (χ2v) is 15.0. The van der Waals surface area contributed by atoms with Gasteiger partial charge in [-0.05, 0) is 57.3 Å². The van der Waals surface area contributed by atoms with Crippen molar-refractivity contribution >= 4 is 24.3 Å². The predicted octanol–water partition coefficient (Wildman–Crippen LogP) is 12.6. The Morgan fingerprint density at radius 2 is 0.587 bits per heavy atom. The summed E-state index contributed by atoms with van der Waals surface area (Å²) in [5, 5.41) is 0. The topological polar surface area (TPSA) is 0 Å². The minimum absolute atomic E-state index is 0.0807. The van der Waals surface area contributed by atoms with Gasteiger partial charge in [-0.2, -0.15) is 0 Å². The number of rotatable bonds is 7. The fourth-order valence-corrected chi connectivity index (χ4v) is 9.95. The van der Waals surface area contributed by atoms with Crippen LogP contribution >= 0.6 is 0 Å². The Morgan fingerprint density at radius 3 is 0.804 bits per heavy atom. The molecule has 0 fully saturated rings. The van der Waals surface area contributed by atoms with E-state index in [0.717, 1.165) is 12.8 Å². The summed E-state index contributed by atoms with van der Waals surface area (Å²) < 4.78 is 0. The van der Waals surface area contributed by atoms with Crippen molar-refractivity contribution in [3.05, 3.63) is 164 Å². The highest BCUT2D eigenvalue weighted by Gasteiger charge is 2.47. The molecule has 230 valence electrons. The lowest BCUT2D eigenvalue weighted by Gasteiger charge is -2.44. The summed E-state index contributed by atoms with van der Waals surface area (Å²) in [5.41, 5.74) is 17.6. The quantitative estimate of drug-likeness (QED) is 0.198. The van der Waals surface area contributed by atoms with Crippen molar-refractivity contribution in [3.8, 4) is 0 Å². The fourth-order valence-electron chi connectivity index (χ4n) is 9.95. The van der Waals surface area contributed by atoms with E-state index in [1.807, 2.05) is 0 Å². The number of benzene rings is 4. The SMILES string of the molecule is CC1C(C(C)(CCC(C)(C2=Cc3ccccc3C2C)C2=Cc3ccccc3C2C)C2=Cc3ccccc3C2C)=Cc2ccccc21. The smallest absolute Gasteiger partial charge is 0.0111 e. The molecule has 0 radical (unpaired) electrons. The van der Waals surface area contributed by atoms with E-state index in [0.29, 0.717) is 23.7 Å². The molecule has 4 unspecified atom stereocenters. The number of hydrogen-bond acceptors (Lipinski definition) is 0. The molecule has 4 aromatic rings. The molecular weight excluding hydrogens is 553 g/mol. The molecular formula is C46H46. The molecule has 0 heterocycles. The molecule has 0 N–H and O–H groups in total. The van der Waals surface area contributed by atoms with Crippen LogP contribution in [0.15, 0.2) is 119 Å². The van der Waals surface area contributed by atoms with E-state index in [4.69, 9.17) is 0 Å². The Labute approximate surface area is 276 Å².